The molecule has 3 nitrogen and oxygen atoms in total. The summed E-state index contributed by atoms with van der Waals surface area (Å²) in [5, 5.41) is 6.77. The van der Waals surface area contributed by atoms with E-state index in [2.05, 4.69) is 29.6 Å². The third-order valence-corrected chi connectivity index (χ3v) is 4.26. The zero-order valence-corrected chi connectivity index (χ0v) is 12.9. The number of fused-ring (bicyclic) bond motifs is 4. The maximum absolute atomic E-state index is 5.94. The molecule has 114 valence electrons. The summed E-state index contributed by atoms with van der Waals surface area (Å²) in [6.45, 7) is 0. The summed E-state index contributed by atoms with van der Waals surface area (Å²) < 4.78 is 5.94. The molecule has 0 saturated carbocycles. The van der Waals surface area contributed by atoms with Crippen molar-refractivity contribution in [3.63, 3.8) is 0 Å². The van der Waals surface area contributed by atoms with Crippen molar-refractivity contribution in [2.45, 2.75) is 0 Å². The fourth-order valence-corrected chi connectivity index (χ4v) is 3.15. The molecule has 0 spiro atoms. The van der Waals surface area contributed by atoms with Crippen LogP contribution in [0.4, 0.5) is 11.5 Å². The third-order valence-electron chi connectivity index (χ3n) is 4.26. The minimum absolute atomic E-state index is 0.825. The van der Waals surface area contributed by atoms with Gasteiger partial charge in [-0.15, -0.1) is 0 Å². The van der Waals surface area contributed by atoms with Crippen molar-refractivity contribution >= 4 is 44.3 Å². The van der Waals surface area contributed by atoms with Gasteiger partial charge in [-0.3, -0.25) is 0 Å². The van der Waals surface area contributed by atoms with Crippen molar-refractivity contribution in [2.24, 2.45) is 0 Å². The standard InChI is InChI=1S/C21H14N2O/c1-3-8-16-14(6-1)12-13-20(22-16)23-17-9-5-11-19-21(17)15-7-2-4-10-18(15)24-19/h1-13H,(H,22,23). The van der Waals surface area contributed by atoms with Gasteiger partial charge in [-0.25, -0.2) is 4.98 Å². The molecule has 5 rings (SSSR count). The summed E-state index contributed by atoms with van der Waals surface area (Å²) in [6.07, 6.45) is 0. The van der Waals surface area contributed by atoms with E-state index in [1.54, 1.807) is 0 Å². The Balaban J connectivity index is 1.68. The van der Waals surface area contributed by atoms with E-state index in [1.165, 1.54) is 0 Å². The Morgan fingerprint density at radius 1 is 0.708 bits per heavy atom. The molecule has 0 atom stereocenters. The molecule has 0 aliphatic heterocycles. The number of rotatable bonds is 2. The monoisotopic (exact) mass is 310 g/mol. The maximum atomic E-state index is 5.94. The van der Waals surface area contributed by atoms with Crippen LogP contribution in [0.25, 0.3) is 32.8 Å². The van der Waals surface area contributed by atoms with Gasteiger partial charge in [-0.2, -0.15) is 0 Å². The van der Waals surface area contributed by atoms with Gasteiger partial charge < -0.3 is 9.73 Å². The number of furan rings is 1. The first-order valence-corrected chi connectivity index (χ1v) is 7.91. The molecule has 0 unspecified atom stereocenters. The van der Waals surface area contributed by atoms with Crippen molar-refractivity contribution in [1.29, 1.82) is 0 Å². The van der Waals surface area contributed by atoms with Gasteiger partial charge in [0.15, 0.2) is 0 Å². The molecular weight excluding hydrogens is 296 g/mol. The smallest absolute Gasteiger partial charge is 0.137 e. The Bertz CT molecular complexity index is 1190. The minimum atomic E-state index is 0.825. The Morgan fingerprint density at radius 2 is 1.54 bits per heavy atom. The van der Waals surface area contributed by atoms with E-state index in [9.17, 15) is 0 Å². The van der Waals surface area contributed by atoms with Crippen LogP contribution in [0.1, 0.15) is 0 Å². The van der Waals surface area contributed by atoms with Crippen LogP contribution >= 0.6 is 0 Å². The van der Waals surface area contributed by atoms with Gasteiger partial charge in [0.05, 0.1) is 16.6 Å². The Labute approximate surface area is 138 Å². The van der Waals surface area contributed by atoms with Crippen LogP contribution < -0.4 is 5.32 Å². The first-order valence-electron chi connectivity index (χ1n) is 7.91. The predicted molar refractivity (Wildman–Crippen MR) is 98.7 cm³/mol. The lowest BCUT2D eigenvalue weighted by Gasteiger charge is -2.08. The lowest BCUT2D eigenvalue weighted by molar-refractivity contribution is 0.669. The fraction of sp³-hybridized carbons (Fsp3) is 0. The number of nitrogens with one attached hydrogen (secondary N) is 1. The summed E-state index contributed by atoms with van der Waals surface area (Å²) in [4.78, 5) is 4.70. The van der Waals surface area contributed by atoms with E-state index < -0.39 is 0 Å². The predicted octanol–water partition coefficient (Wildman–Crippen LogP) is 5.88. The zero-order valence-electron chi connectivity index (χ0n) is 12.9. The van der Waals surface area contributed by atoms with Crippen molar-refractivity contribution < 1.29 is 4.42 Å². The topological polar surface area (TPSA) is 38.1 Å². The SMILES string of the molecule is c1ccc2nc(Nc3cccc4oc5ccccc5c34)ccc2c1. The van der Waals surface area contributed by atoms with E-state index in [1.807, 2.05) is 54.6 Å². The van der Waals surface area contributed by atoms with Gasteiger partial charge in [0.1, 0.15) is 17.0 Å². The number of anilines is 2. The second-order valence-corrected chi connectivity index (χ2v) is 5.79. The third kappa shape index (κ3) is 2.02. The maximum Gasteiger partial charge on any atom is 0.137 e. The molecule has 0 amide bonds. The number of aromatic nitrogens is 1. The van der Waals surface area contributed by atoms with Gasteiger partial charge in [0.2, 0.25) is 0 Å². The van der Waals surface area contributed by atoms with Gasteiger partial charge in [0, 0.05) is 10.8 Å². The molecular formula is C21H14N2O. The number of benzene rings is 3. The number of hydrogen-bond acceptors (Lipinski definition) is 3. The number of nitrogens with zero attached hydrogens (tertiary/aromatic N) is 1. The molecule has 0 fully saturated rings. The summed E-state index contributed by atoms with van der Waals surface area (Å²) in [5.41, 5.74) is 3.75. The highest BCUT2D eigenvalue weighted by Gasteiger charge is 2.11. The Hall–Kier alpha value is -3.33. The number of hydrogen-bond donors (Lipinski definition) is 1. The first-order chi connectivity index (χ1) is 11.9. The largest absolute Gasteiger partial charge is 0.456 e. The van der Waals surface area contributed by atoms with E-state index in [0.717, 1.165) is 44.3 Å². The van der Waals surface area contributed by atoms with Crippen molar-refractivity contribution in [2.75, 3.05) is 5.32 Å². The number of para-hydroxylation sites is 2. The van der Waals surface area contributed by atoms with Crippen LogP contribution in [0.15, 0.2) is 83.3 Å². The van der Waals surface area contributed by atoms with E-state index in [-0.39, 0.29) is 0 Å². The average Bonchev–Trinajstić information content (AvgIpc) is 3.01. The van der Waals surface area contributed by atoms with Crippen molar-refractivity contribution in [3.05, 3.63) is 78.9 Å². The highest BCUT2D eigenvalue weighted by atomic mass is 16.3. The molecule has 0 aliphatic carbocycles. The first kappa shape index (κ1) is 13.1. The van der Waals surface area contributed by atoms with Crippen molar-refractivity contribution in [3.8, 4) is 0 Å². The van der Waals surface area contributed by atoms with Crippen LogP contribution in [-0.2, 0) is 0 Å². The quantitative estimate of drug-likeness (QED) is 0.442. The van der Waals surface area contributed by atoms with E-state index >= 15 is 0 Å². The zero-order chi connectivity index (χ0) is 15.9. The van der Waals surface area contributed by atoms with Crippen LogP contribution in [0.2, 0.25) is 0 Å². The second kappa shape index (κ2) is 5.10. The molecule has 2 heterocycles. The average molecular weight is 310 g/mol. The lowest BCUT2D eigenvalue weighted by atomic mass is 10.1. The molecule has 0 radical (unpaired) electrons. The van der Waals surface area contributed by atoms with E-state index in [0.29, 0.717) is 0 Å². The van der Waals surface area contributed by atoms with Crippen LogP contribution in [0, 0.1) is 0 Å². The van der Waals surface area contributed by atoms with E-state index in [4.69, 9.17) is 9.40 Å². The number of pyridine rings is 1. The second-order valence-electron chi connectivity index (χ2n) is 5.79. The minimum Gasteiger partial charge on any atom is -0.456 e. The molecule has 0 aliphatic rings. The normalized spacial score (nSPS) is 11.3. The molecule has 5 aromatic rings. The highest BCUT2D eigenvalue weighted by Crippen LogP contribution is 2.35. The van der Waals surface area contributed by atoms with Crippen LogP contribution in [0.5, 0.6) is 0 Å². The Kier molecular flexibility index (Phi) is 2.79. The molecule has 0 bridgehead atoms. The molecule has 3 aromatic carbocycles. The Morgan fingerprint density at radius 3 is 2.54 bits per heavy atom. The molecule has 3 heteroatoms. The van der Waals surface area contributed by atoms with Crippen LogP contribution in [-0.4, -0.2) is 4.98 Å². The van der Waals surface area contributed by atoms with Crippen molar-refractivity contribution in [1.82, 2.24) is 4.98 Å². The molecule has 24 heavy (non-hydrogen) atoms. The fourth-order valence-electron chi connectivity index (χ4n) is 3.15. The summed E-state index contributed by atoms with van der Waals surface area (Å²) in [5.74, 6) is 0.825. The van der Waals surface area contributed by atoms with Crippen LogP contribution in [0.3, 0.4) is 0 Å². The molecule has 1 N–H and O–H groups in total. The van der Waals surface area contributed by atoms with Gasteiger partial charge in [-0.05, 0) is 36.4 Å². The lowest BCUT2D eigenvalue weighted by Crippen LogP contribution is -1.94. The van der Waals surface area contributed by atoms with Gasteiger partial charge >= 0.3 is 0 Å². The summed E-state index contributed by atoms with van der Waals surface area (Å²) in [7, 11) is 0. The summed E-state index contributed by atoms with van der Waals surface area (Å²) in [6, 6.07) is 26.3. The highest BCUT2D eigenvalue weighted by molar-refractivity contribution is 6.11. The molecule has 2 aromatic heterocycles. The van der Waals surface area contributed by atoms with Gasteiger partial charge in [0.25, 0.3) is 0 Å². The van der Waals surface area contributed by atoms with Gasteiger partial charge in [-0.1, -0.05) is 42.5 Å². The summed E-state index contributed by atoms with van der Waals surface area (Å²) >= 11 is 0. The molecule has 0 saturated heterocycles.